The quantitative estimate of drug-likeness (QED) is 0.757. The van der Waals surface area contributed by atoms with Gasteiger partial charge in [0.25, 0.3) is 0 Å². The fourth-order valence-corrected chi connectivity index (χ4v) is 2.10. The number of carbonyl (C=O) groups excluding carboxylic acids is 1. The number of aldehydes is 1. The van der Waals surface area contributed by atoms with E-state index in [2.05, 4.69) is 36.1 Å². The monoisotopic (exact) mass is 239 g/mol. The van der Waals surface area contributed by atoms with Crippen molar-refractivity contribution in [1.29, 1.82) is 0 Å². The van der Waals surface area contributed by atoms with Crippen molar-refractivity contribution in [3.63, 3.8) is 0 Å². The van der Waals surface area contributed by atoms with E-state index >= 15 is 0 Å². The Morgan fingerprint density at radius 1 is 1.06 bits per heavy atom. The van der Waals surface area contributed by atoms with Gasteiger partial charge in [0.05, 0.1) is 0 Å². The first-order valence-corrected chi connectivity index (χ1v) is 5.98. The van der Waals surface area contributed by atoms with Crippen LogP contribution in [0.15, 0.2) is 42.5 Å². The molecule has 2 heteroatoms. The molecule has 0 aliphatic heterocycles. The summed E-state index contributed by atoms with van der Waals surface area (Å²) in [5.74, 6) is 0. The maximum Gasteiger partial charge on any atom is 0.150 e. The number of hydrogen-bond acceptors (Lipinski definition) is 2. The molecule has 2 aromatic carbocycles. The summed E-state index contributed by atoms with van der Waals surface area (Å²) >= 11 is 0. The maximum absolute atomic E-state index is 10.7. The minimum Gasteiger partial charge on any atom is -0.344 e. The van der Waals surface area contributed by atoms with E-state index in [1.54, 1.807) is 0 Å². The Morgan fingerprint density at radius 2 is 1.83 bits per heavy atom. The van der Waals surface area contributed by atoms with E-state index in [0.717, 1.165) is 23.2 Å². The van der Waals surface area contributed by atoms with Gasteiger partial charge >= 0.3 is 0 Å². The van der Waals surface area contributed by atoms with Crippen molar-refractivity contribution in [2.45, 2.75) is 13.8 Å². The van der Waals surface area contributed by atoms with Crippen LogP contribution in [0.25, 0.3) is 0 Å². The molecule has 18 heavy (non-hydrogen) atoms. The Hall–Kier alpha value is -2.09. The summed E-state index contributed by atoms with van der Waals surface area (Å²) in [6.45, 7) is 4.11. The van der Waals surface area contributed by atoms with Crippen LogP contribution < -0.4 is 4.90 Å². The summed E-state index contributed by atoms with van der Waals surface area (Å²) in [4.78, 5) is 12.9. The topological polar surface area (TPSA) is 20.3 Å². The second-order valence-electron chi connectivity index (χ2n) is 4.56. The van der Waals surface area contributed by atoms with Crippen LogP contribution in [0.2, 0.25) is 0 Å². The second-order valence-corrected chi connectivity index (χ2v) is 4.56. The molecule has 2 nitrogen and oxygen atoms in total. The van der Waals surface area contributed by atoms with Gasteiger partial charge in [-0.2, -0.15) is 0 Å². The third kappa shape index (κ3) is 2.43. The first-order chi connectivity index (χ1) is 8.61. The van der Waals surface area contributed by atoms with Gasteiger partial charge in [-0.05, 0) is 55.3 Å². The molecular formula is C16H17NO. The van der Waals surface area contributed by atoms with Crippen molar-refractivity contribution < 1.29 is 4.79 Å². The normalized spacial score (nSPS) is 10.2. The van der Waals surface area contributed by atoms with Crippen LogP contribution in [0.3, 0.4) is 0 Å². The average Bonchev–Trinajstić information content (AvgIpc) is 2.37. The lowest BCUT2D eigenvalue weighted by molar-refractivity contribution is 0.112. The molecule has 2 rings (SSSR count). The molecule has 0 heterocycles. The Balaban J connectivity index is 2.39. The highest BCUT2D eigenvalue weighted by atomic mass is 16.1. The Labute approximate surface area is 108 Å². The Bertz CT molecular complexity index is 575. The molecule has 0 unspecified atom stereocenters. The molecule has 0 saturated heterocycles. The standard InChI is InChI=1S/C16H17NO/c1-12-5-4-6-15(9-12)17(3)16-8-7-14(11-18)10-13(16)2/h4-11H,1-3H3. The van der Waals surface area contributed by atoms with Crippen molar-refractivity contribution in [3.8, 4) is 0 Å². The summed E-state index contributed by atoms with van der Waals surface area (Å²) in [5, 5.41) is 0. The van der Waals surface area contributed by atoms with Crippen LogP contribution in [-0.2, 0) is 0 Å². The van der Waals surface area contributed by atoms with E-state index in [4.69, 9.17) is 0 Å². The van der Waals surface area contributed by atoms with Crippen LogP contribution in [0.5, 0.6) is 0 Å². The molecule has 0 amide bonds. The first kappa shape index (κ1) is 12.4. The molecule has 0 atom stereocenters. The molecule has 0 aromatic heterocycles. The van der Waals surface area contributed by atoms with Gasteiger partial charge in [0, 0.05) is 24.0 Å². The molecule has 2 aromatic rings. The smallest absolute Gasteiger partial charge is 0.150 e. The van der Waals surface area contributed by atoms with Crippen molar-refractivity contribution in [2.24, 2.45) is 0 Å². The molecule has 0 aliphatic carbocycles. The third-order valence-corrected chi connectivity index (χ3v) is 3.11. The predicted octanol–water partition coefficient (Wildman–Crippen LogP) is 3.88. The van der Waals surface area contributed by atoms with Gasteiger partial charge in [0.15, 0.2) is 0 Å². The van der Waals surface area contributed by atoms with Crippen LogP contribution in [0, 0.1) is 13.8 Å². The van der Waals surface area contributed by atoms with E-state index in [-0.39, 0.29) is 0 Å². The van der Waals surface area contributed by atoms with E-state index in [1.807, 2.05) is 32.2 Å². The third-order valence-electron chi connectivity index (χ3n) is 3.11. The van der Waals surface area contributed by atoms with Crippen LogP contribution in [0.4, 0.5) is 11.4 Å². The SMILES string of the molecule is Cc1cccc(N(C)c2ccc(C=O)cc2C)c1. The van der Waals surface area contributed by atoms with E-state index in [9.17, 15) is 4.79 Å². The van der Waals surface area contributed by atoms with Gasteiger partial charge in [-0.3, -0.25) is 4.79 Å². The van der Waals surface area contributed by atoms with Crippen molar-refractivity contribution >= 4 is 17.7 Å². The molecular weight excluding hydrogens is 222 g/mol. The number of hydrogen-bond donors (Lipinski definition) is 0. The number of aryl methyl sites for hydroxylation is 2. The number of benzene rings is 2. The van der Waals surface area contributed by atoms with Crippen molar-refractivity contribution in [1.82, 2.24) is 0 Å². The summed E-state index contributed by atoms with van der Waals surface area (Å²) < 4.78 is 0. The minimum atomic E-state index is 0.717. The van der Waals surface area contributed by atoms with Gasteiger partial charge in [0.1, 0.15) is 6.29 Å². The zero-order valence-electron chi connectivity index (χ0n) is 11.0. The van der Waals surface area contributed by atoms with E-state index < -0.39 is 0 Å². The lowest BCUT2D eigenvalue weighted by Crippen LogP contribution is -2.11. The van der Waals surface area contributed by atoms with Gasteiger partial charge in [-0.25, -0.2) is 0 Å². The zero-order chi connectivity index (χ0) is 13.1. The molecule has 92 valence electrons. The first-order valence-electron chi connectivity index (χ1n) is 5.98. The van der Waals surface area contributed by atoms with Crippen molar-refractivity contribution in [2.75, 3.05) is 11.9 Å². The minimum absolute atomic E-state index is 0.717. The predicted molar refractivity (Wildman–Crippen MR) is 75.8 cm³/mol. The number of rotatable bonds is 3. The van der Waals surface area contributed by atoms with Crippen LogP contribution >= 0.6 is 0 Å². The highest BCUT2D eigenvalue weighted by Gasteiger charge is 2.07. The average molecular weight is 239 g/mol. The molecule has 0 radical (unpaired) electrons. The lowest BCUT2D eigenvalue weighted by atomic mass is 10.1. The van der Waals surface area contributed by atoms with Gasteiger partial charge in [-0.1, -0.05) is 12.1 Å². The van der Waals surface area contributed by atoms with Gasteiger partial charge < -0.3 is 4.90 Å². The Morgan fingerprint density at radius 3 is 2.44 bits per heavy atom. The molecule has 0 fully saturated rings. The van der Waals surface area contributed by atoms with Crippen molar-refractivity contribution in [3.05, 3.63) is 59.2 Å². The summed E-state index contributed by atoms with van der Waals surface area (Å²) in [6.07, 6.45) is 0.878. The highest BCUT2D eigenvalue weighted by molar-refractivity contribution is 5.78. The lowest BCUT2D eigenvalue weighted by Gasteiger charge is -2.22. The number of nitrogens with zero attached hydrogens (tertiary/aromatic N) is 1. The van der Waals surface area contributed by atoms with Gasteiger partial charge in [-0.15, -0.1) is 0 Å². The molecule has 0 N–H and O–H groups in total. The number of anilines is 2. The number of carbonyl (C=O) groups is 1. The molecule has 0 saturated carbocycles. The second kappa shape index (κ2) is 5.05. The largest absolute Gasteiger partial charge is 0.344 e. The molecule has 0 aliphatic rings. The highest BCUT2D eigenvalue weighted by Crippen LogP contribution is 2.27. The maximum atomic E-state index is 10.7. The fourth-order valence-electron chi connectivity index (χ4n) is 2.10. The van der Waals surface area contributed by atoms with Gasteiger partial charge in [0.2, 0.25) is 0 Å². The summed E-state index contributed by atoms with van der Waals surface area (Å²) in [7, 11) is 2.04. The summed E-state index contributed by atoms with van der Waals surface area (Å²) in [6, 6.07) is 14.1. The van der Waals surface area contributed by atoms with Crippen LogP contribution in [-0.4, -0.2) is 13.3 Å². The fraction of sp³-hybridized carbons (Fsp3) is 0.188. The Kier molecular flexibility index (Phi) is 3.47. The van der Waals surface area contributed by atoms with E-state index in [1.165, 1.54) is 5.56 Å². The molecule has 0 bridgehead atoms. The van der Waals surface area contributed by atoms with E-state index in [0.29, 0.717) is 5.56 Å². The zero-order valence-corrected chi connectivity index (χ0v) is 11.0. The van der Waals surface area contributed by atoms with Crippen LogP contribution in [0.1, 0.15) is 21.5 Å². The molecule has 0 spiro atoms. The summed E-state index contributed by atoms with van der Waals surface area (Å²) in [5.41, 5.74) is 5.32.